The highest BCUT2D eigenvalue weighted by molar-refractivity contribution is 5.94. The standard InChI is InChI=1S/C14H24N2O4/c1-3-11-9-8-10(2)16(11)14(20)15-12(17)6-4-5-7-13(18)19/h10-11H,3-9H2,1-2H3,(H,18,19)(H,15,17,20). The van der Waals surface area contributed by atoms with Gasteiger partial charge in [-0.1, -0.05) is 6.92 Å². The van der Waals surface area contributed by atoms with Crippen molar-refractivity contribution >= 4 is 17.9 Å². The quantitative estimate of drug-likeness (QED) is 0.731. The Morgan fingerprint density at radius 2 is 1.85 bits per heavy atom. The molecule has 0 saturated carbocycles. The van der Waals surface area contributed by atoms with Crippen molar-refractivity contribution in [2.24, 2.45) is 0 Å². The molecule has 0 aliphatic carbocycles. The Kier molecular flexibility index (Phi) is 6.48. The van der Waals surface area contributed by atoms with Crippen LogP contribution in [-0.2, 0) is 9.59 Å². The van der Waals surface area contributed by atoms with Crippen LogP contribution in [0.5, 0.6) is 0 Å². The fraction of sp³-hybridized carbons (Fsp3) is 0.786. The number of nitrogens with one attached hydrogen (secondary N) is 1. The molecular formula is C14H24N2O4. The van der Waals surface area contributed by atoms with Crippen molar-refractivity contribution in [3.63, 3.8) is 0 Å². The number of carboxylic acids is 1. The van der Waals surface area contributed by atoms with Gasteiger partial charge in [0, 0.05) is 24.9 Å². The molecule has 1 aliphatic heterocycles. The van der Waals surface area contributed by atoms with Gasteiger partial charge in [0.2, 0.25) is 5.91 Å². The van der Waals surface area contributed by atoms with Crippen molar-refractivity contribution in [2.45, 2.75) is 70.9 Å². The first kappa shape index (κ1) is 16.5. The number of amides is 3. The molecule has 1 saturated heterocycles. The number of carboxylic acid groups (broad SMARTS) is 1. The number of aliphatic carboxylic acids is 1. The van der Waals surface area contributed by atoms with Gasteiger partial charge >= 0.3 is 12.0 Å². The highest BCUT2D eigenvalue weighted by atomic mass is 16.4. The molecule has 1 rings (SSSR count). The minimum absolute atomic E-state index is 0.0578. The summed E-state index contributed by atoms with van der Waals surface area (Å²) < 4.78 is 0. The number of unbranched alkanes of at least 4 members (excludes halogenated alkanes) is 1. The van der Waals surface area contributed by atoms with Crippen LogP contribution in [0.1, 0.15) is 58.8 Å². The lowest BCUT2D eigenvalue weighted by Crippen LogP contribution is -2.47. The molecule has 1 aliphatic rings. The molecule has 6 heteroatoms. The van der Waals surface area contributed by atoms with Crippen molar-refractivity contribution in [3.05, 3.63) is 0 Å². The summed E-state index contributed by atoms with van der Waals surface area (Å²) in [6, 6.07) is 0.0645. The fourth-order valence-corrected chi connectivity index (χ4v) is 2.65. The van der Waals surface area contributed by atoms with E-state index < -0.39 is 5.97 Å². The molecular weight excluding hydrogens is 260 g/mol. The molecule has 6 nitrogen and oxygen atoms in total. The van der Waals surface area contributed by atoms with Crippen molar-refractivity contribution in [2.75, 3.05) is 0 Å². The number of hydrogen-bond donors (Lipinski definition) is 2. The lowest BCUT2D eigenvalue weighted by Gasteiger charge is -2.27. The number of imide groups is 1. The summed E-state index contributed by atoms with van der Waals surface area (Å²) >= 11 is 0. The minimum atomic E-state index is -0.863. The SMILES string of the molecule is CCC1CCC(C)N1C(=O)NC(=O)CCCCC(=O)O. The number of carbonyl (C=O) groups excluding carboxylic acids is 2. The summed E-state index contributed by atoms with van der Waals surface area (Å²) in [6.45, 7) is 4.03. The van der Waals surface area contributed by atoms with E-state index in [0.717, 1.165) is 19.3 Å². The second kappa shape index (κ2) is 7.87. The topological polar surface area (TPSA) is 86.7 Å². The number of rotatable bonds is 6. The van der Waals surface area contributed by atoms with Gasteiger partial charge in [-0.3, -0.25) is 14.9 Å². The first-order chi connectivity index (χ1) is 9.45. The zero-order valence-corrected chi connectivity index (χ0v) is 12.2. The maximum absolute atomic E-state index is 12.1. The van der Waals surface area contributed by atoms with Gasteiger partial charge in [0.15, 0.2) is 0 Å². The van der Waals surface area contributed by atoms with Gasteiger partial charge < -0.3 is 10.0 Å². The number of likely N-dealkylation sites (tertiary alicyclic amines) is 1. The summed E-state index contributed by atoms with van der Waals surface area (Å²) in [5.74, 6) is -1.19. The highest BCUT2D eigenvalue weighted by Crippen LogP contribution is 2.25. The third-order valence-electron chi connectivity index (χ3n) is 3.78. The van der Waals surface area contributed by atoms with E-state index in [1.807, 2.05) is 13.8 Å². The van der Waals surface area contributed by atoms with Gasteiger partial charge in [-0.15, -0.1) is 0 Å². The predicted molar refractivity (Wildman–Crippen MR) is 74.3 cm³/mol. The van der Waals surface area contributed by atoms with E-state index in [2.05, 4.69) is 5.32 Å². The van der Waals surface area contributed by atoms with E-state index in [4.69, 9.17) is 5.11 Å². The minimum Gasteiger partial charge on any atom is -0.481 e. The van der Waals surface area contributed by atoms with E-state index in [1.54, 1.807) is 4.90 Å². The smallest absolute Gasteiger partial charge is 0.324 e. The molecule has 3 amide bonds. The number of nitrogens with zero attached hydrogens (tertiary/aromatic N) is 1. The second-order valence-corrected chi connectivity index (χ2v) is 5.35. The van der Waals surface area contributed by atoms with Gasteiger partial charge in [-0.05, 0) is 39.0 Å². The van der Waals surface area contributed by atoms with Crippen LogP contribution in [0, 0.1) is 0 Å². The first-order valence-corrected chi connectivity index (χ1v) is 7.29. The fourth-order valence-electron chi connectivity index (χ4n) is 2.65. The molecule has 1 heterocycles. The summed E-state index contributed by atoms with van der Waals surface area (Å²) in [6.07, 6.45) is 4.04. The summed E-state index contributed by atoms with van der Waals surface area (Å²) in [5, 5.41) is 10.9. The van der Waals surface area contributed by atoms with E-state index in [-0.39, 0.29) is 36.9 Å². The first-order valence-electron chi connectivity index (χ1n) is 7.29. The summed E-state index contributed by atoms with van der Waals surface area (Å²) in [5.41, 5.74) is 0. The van der Waals surface area contributed by atoms with Gasteiger partial charge in [0.1, 0.15) is 0 Å². The molecule has 0 spiro atoms. The predicted octanol–water partition coefficient (Wildman–Crippen LogP) is 2.13. The molecule has 20 heavy (non-hydrogen) atoms. The molecule has 2 N–H and O–H groups in total. The van der Waals surface area contributed by atoms with Crippen molar-refractivity contribution < 1.29 is 19.5 Å². The molecule has 0 radical (unpaired) electrons. The van der Waals surface area contributed by atoms with Crippen molar-refractivity contribution in [1.29, 1.82) is 0 Å². The van der Waals surface area contributed by atoms with Crippen LogP contribution >= 0.6 is 0 Å². The monoisotopic (exact) mass is 284 g/mol. The molecule has 2 unspecified atom stereocenters. The zero-order valence-electron chi connectivity index (χ0n) is 12.2. The molecule has 0 aromatic rings. The summed E-state index contributed by atoms with van der Waals surface area (Å²) in [7, 11) is 0. The van der Waals surface area contributed by atoms with Crippen LogP contribution in [0.4, 0.5) is 4.79 Å². The normalized spacial score (nSPS) is 21.8. The van der Waals surface area contributed by atoms with Gasteiger partial charge in [-0.25, -0.2) is 4.79 Å². The Morgan fingerprint density at radius 1 is 1.20 bits per heavy atom. The van der Waals surface area contributed by atoms with Gasteiger partial charge in [0.05, 0.1) is 0 Å². The Hall–Kier alpha value is -1.59. The van der Waals surface area contributed by atoms with Gasteiger partial charge in [-0.2, -0.15) is 0 Å². The Balaban J connectivity index is 2.33. The maximum atomic E-state index is 12.1. The third kappa shape index (κ3) is 4.83. The highest BCUT2D eigenvalue weighted by Gasteiger charge is 2.33. The number of carbonyl (C=O) groups is 3. The molecule has 0 aromatic carbocycles. The van der Waals surface area contributed by atoms with E-state index >= 15 is 0 Å². The zero-order chi connectivity index (χ0) is 15.1. The van der Waals surface area contributed by atoms with Crippen LogP contribution in [0.25, 0.3) is 0 Å². The van der Waals surface area contributed by atoms with E-state index in [9.17, 15) is 14.4 Å². The maximum Gasteiger partial charge on any atom is 0.324 e. The lowest BCUT2D eigenvalue weighted by molar-refractivity contribution is -0.137. The summed E-state index contributed by atoms with van der Waals surface area (Å²) in [4.78, 5) is 35.8. The van der Waals surface area contributed by atoms with Gasteiger partial charge in [0.25, 0.3) is 0 Å². The van der Waals surface area contributed by atoms with Crippen molar-refractivity contribution in [1.82, 2.24) is 10.2 Å². The second-order valence-electron chi connectivity index (χ2n) is 5.35. The molecule has 0 bridgehead atoms. The Morgan fingerprint density at radius 3 is 2.45 bits per heavy atom. The van der Waals surface area contributed by atoms with E-state index in [0.29, 0.717) is 12.8 Å². The Bertz CT molecular complexity index is 370. The molecule has 114 valence electrons. The average Bonchev–Trinajstić information content (AvgIpc) is 2.75. The lowest BCUT2D eigenvalue weighted by atomic mass is 10.1. The molecule has 2 atom stereocenters. The average molecular weight is 284 g/mol. The number of urea groups is 1. The third-order valence-corrected chi connectivity index (χ3v) is 3.78. The van der Waals surface area contributed by atoms with Crippen LogP contribution in [0.3, 0.4) is 0 Å². The van der Waals surface area contributed by atoms with Crippen molar-refractivity contribution in [3.8, 4) is 0 Å². The number of hydrogen-bond acceptors (Lipinski definition) is 3. The van der Waals surface area contributed by atoms with Crippen LogP contribution < -0.4 is 5.32 Å². The van der Waals surface area contributed by atoms with Crippen LogP contribution in [0.2, 0.25) is 0 Å². The van der Waals surface area contributed by atoms with E-state index in [1.165, 1.54) is 0 Å². The molecule has 1 fully saturated rings. The Labute approximate surface area is 119 Å². The van der Waals surface area contributed by atoms with Crippen LogP contribution in [-0.4, -0.2) is 40.0 Å². The molecule has 0 aromatic heterocycles. The van der Waals surface area contributed by atoms with Crippen LogP contribution in [0.15, 0.2) is 0 Å². The largest absolute Gasteiger partial charge is 0.481 e.